The summed E-state index contributed by atoms with van der Waals surface area (Å²) < 4.78 is 0. The van der Waals surface area contributed by atoms with E-state index in [1.165, 1.54) is 0 Å². The van der Waals surface area contributed by atoms with Crippen LogP contribution >= 0.6 is 0 Å². The Hall–Kier alpha value is -5.24. The molecule has 0 saturated carbocycles. The number of aromatic nitrogens is 8. The van der Waals surface area contributed by atoms with Crippen molar-refractivity contribution in [2.75, 3.05) is 0 Å². The molecule has 2 aliphatic rings. The normalized spacial score (nSPS) is 11.3. The topological polar surface area (TPSA) is 106 Å². The number of hydrogen-bond acceptors (Lipinski definition) is 6. The van der Waals surface area contributed by atoms with E-state index in [1.54, 1.807) is 0 Å². The van der Waals surface area contributed by atoms with Gasteiger partial charge in [0.1, 0.15) is 0 Å². The summed E-state index contributed by atoms with van der Waals surface area (Å²) in [6, 6.07) is 31.8. The molecule has 9 heteroatoms. The average Bonchev–Trinajstić information content (AvgIpc) is 3.78. The summed E-state index contributed by atoms with van der Waals surface area (Å²) in [5, 5.41) is 3.57. The van der Waals surface area contributed by atoms with E-state index < -0.39 is 0 Å². The fraction of sp³-hybridized carbons (Fsp3) is 0.0588. The molecule has 0 saturated heterocycles. The predicted octanol–water partition coefficient (Wildman–Crippen LogP) is 7.51. The Morgan fingerprint density at radius 3 is 0.884 bits per heavy atom. The van der Waals surface area contributed by atoms with Crippen LogP contribution in [0.2, 0.25) is 0 Å². The molecule has 9 rings (SSSR count). The third-order valence-electron chi connectivity index (χ3n) is 7.33. The molecule has 4 aromatic carbocycles. The first-order valence-electron chi connectivity index (χ1n) is 13.9. The van der Waals surface area contributed by atoms with Crippen molar-refractivity contribution in [1.82, 2.24) is 39.9 Å². The first kappa shape index (κ1) is 26.6. The Morgan fingerprint density at radius 1 is 0.395 bits per heavy atom. The van der Waals surface area contributed by atoms with Crippen molar-refractivity contribution < 1.29 is 19.9 Å². The summed E-state index contributed by atoms with van der Waals surface area (Å²) in [5.41, 5.74) is 5.78. The average molecular weight is 611 g/mol. The zero-order valence-electron chi connectivity index (χ0n) is 24.1. The molecule has 0 atom stereocenters. The molecular formula is C34H25CuN8-. The van der Waals surface area contributed by atoms with Crippen LogP contribution in [0.4, 0.5) is 0 Å². The van der Waals surface area contributed by atoms with E-state index in [0.717, 1.165) is 43.8 Å². The van der Waals surface area contributed by atoms with Crippen molar-refractivity contribution in [3.8, 4) is 45.6 Å². The molecule has 43 heavy (non-hydrogen) atoms. The minimum absolute atomic E-state index is 0. The van der Waals surface area contributed by atoms with Crippen LogP contribution in [0.5, 0.6) is 0 Å². The van der Waals surface area contributed by atoms with Gasteiger partial charge in [0.25, 0.3) is 0 Å². The Labute approximate surface area is 259 Å². The van der Waals surface area contributed by atoms with Crippen molar-refractivity contribution in [1.29, 1.82) is 0 Å². The number of hydrogen-bond donors (Lipinski definition) is 0. The smallest absolute Gasteiger partial charge is 1.00 e. The molecule has 2 aliphatic heterocycles. The number of rotatable bonds is 0. The van der Waals surface area contributed by atoms with E-state index in [0.29, 0.717) is 45.9 Å². The van der Waals surface area contributed by atoms with Crippen LogP contribution in [0, 0.1) is 0 Å². The molecular weight excluding hydrogens is 584 g/mol. The monoisotopic (exact) mass is 610 g/mol. The molecule has 5 heterocycles. The molecule has 0 spiro atoms. The zero-order valence-corrected chi connectivity index (χ0v) is 24.1. The van der Waals surface area contributed by atoms with Crippen molar-refractivity contribution in [2.24, 2.45) is 0 Å². The molecule has 0 amide bonds. The molecule has 3 aromatic heterocycles. The van der Waals surface area contributed by atoms with Gasteiger partial charge in [-0.05, 0) is 21.5 Å². The molecule has 8 bridgehead atoms. The van der Waals surface area contributed by atoms with Crippen LogP contribution < -0.4 is 9.97 Å². The van der Waals surface area contributed by atoms with Gasteiger partial charge >= 0.3 is 17.1 Å². The van der Waals surface area contributed by atoms with Gasteiger partial charge in [-0.15, -0.1) is 0 Å². The Morgan fingerprint density at radius 2 is 0.628 bits per heavy atom. The fourth-order valence-corrected chi connectivity index (χ4v) is 5.46. The maximum atomic E-state index is 4.95. The van der Waals surface area contributed by atoms with E-state index >= 15 is 0 Å². The van der Waals surface area contributed by atoms with Gasteiger partial charge in [0, 0.05) is 46.3 Å². The summed E-state index contributed by atoms with van der Waals surface area (Å²) in [5.74, 6) is 2.21. The maximum Gasteiger partial charge on any atom is 2.00 e. The molecule has 7 aromatic rings. The fourth-order valence-electron chi connectivity index (χ4n) is 5.46. The third kappa shape index (κ3) is 4.21. The van der Waals surface area contributed by atoms with Crippen LogP contribution in [0.15, 0.2) is 97.1 Å². The Balaban J connectivity index is 0.000000786. The quantitative estimate of drug-likeness (QED) is 0.162. The first-order valence-corrected chi connectivity index (χ1v) is 13.9. The molecule has 0 N–H and O–H groups in total. The summed E-state index contributed by atoms with van der Waals surface area (Å²) in [6.07, 6.45) is 0. The number of benzene rings is 4. The SMILES string of the molecule is CC.[2H-].[2HH].[Cu+2].c1ccc2c(c1)-c1nc-2nc2[n-]c(nc3nc(nc4[n-]c(n1)c1ccccc41)-c1ccccc1-3)c1ccccc21. The molecule has 0 unspecified atom stereocenters. The van der Waals surface area contributed by atoms with Crippen LogP contribution in [0.25, 0.3) is 89.7 Å². The summed E-state index contributed by atoms with van der Waals surface area (Å²) in [6.45, 7) is 4.00. The summed E-state index contributed by atoms with van der Waals surface area (Å²) in [4.78, 5) is 39.3. The molecule has 0 aliphatic carbocycles. The minimum Gasteiger partial charge on any atom is -1.00 e. The molecule has 0 fully saturated rings. The number of fused-ring (bicyclic) bond motifs is 20. The van der Waals surface area contributed by atoms with Crippen molar-refractivity contribution in [3.05, 3.63) is 97.1 Å². The first-order chi connectivity index (χ1) is 20.8. The van der Waals surface area contributed by atoms with Gasteiger partial charge in [0.05, 0.1) is 23.3 Å². The summed E-state index contributed by atoms with van der Waals surface area (Å²) in [7, 11) is 0. The number of nitrogens with zero attached hydrogens (tertiary/aromatic N) is 8. The van der Waals surface area contributed by atoms with Gasteiger partial charge < -0.3 is 31.3 Å². The van der Waals surface area contributed by atoms with Crippen molar-refractivity contribution in [2.45, 2.75) is 13.8 Å². The molecule has 213 valence electrons. The van der Waals surface area contributed by atoms with Gasteiger partial charge in [-0.25, -0.2) is 9.97 Å². The van der Waals surface area contributed by atoms with Crippen molar-refractivity contribution >= 4 is 44.1 Å². The van der Waals surface area contributed by atoms with Crippen LogP contribution in [0.3, 0.4) is 0 Å². The Kier molecular flexibility index (Phi) is 6.54. The largest absolute Gasteiger partial charge is 2.00 e. The standard InChI is InChI=1S/C32H16N8.C2H6.Cu.H2.H/c1-2-10-18-17(9-1)25-33-26(18)38-28-21-13-5-6-14-22(21)30(35-28)40-32-24-16-8-7-15-23(24)31(36-32)39-29-20-12-4-3-11-19(20)27(34-29)37-25;1-2;;;/h1-16H;1-2H3;;1H;/q-2;;+2;;-1/i;;;2*1+1. The minimum atomic E-state index is 0. The van der Waals surface area contributed by atoms with Crippen LogP contribution in [0.1, 0.15) is 16.7 Å². The van der Waals surface area contributed by atoms with Gasteiger partial charge in [0.15, 0.2) is 0 Å². The van der Waals surface area contributed by atoms with Crippen LogP contribution in [-0.2, 0) is 17.1 Å². The maximum absolute atomic E-state index is 4.95. The van der Waals surface area contributed by atoms with E-state index in [4.69, 9.17) is 39.9 Å². The van der Waals surface area contributed by atoms with Gasteiger partial charge in [-0.2, -0.15) is 0 Å². The van der Waals surface area contributed by atoms with Gasteiger partial charge in [-0.3, -0.25) is 0 Å². The van der Waals surface area contributed by atoms with E-state index in [9.17, 15) is 0 Å². The molecule has 1 radical (unpaired) electrons. The van der Waals surface area contributed by atoms with E-state index in [1.807, 2.05) is 111 Å². The summed E-state index contributed by atoms with van der Waals surface area (Å²) >= 11 is 0. The van der Waals surface area contributed by atoms with Gasteiger partial charge in [0.2, 0.25) is 0 Å². The van der Waals surface area contributed by atoms with Gasteiger partial charge in [-0.1, -0.05) is 111 Å². The van der Waals surface area contributed by atoms with E-state index in [-0.39, 0.29) is 19.9 Å². The second-order valence-electron chi connectivity index (χ2n) is 9.67. The second kappa shape index (κ2) is 10.5. The second-order valence-corrected chi connectivity index (χ2v) is 9.67. The molecule has 8 nitrogen and oxygen atoms in total. The predicted molar refractivity (Wildman–Crippen MR) is 169 cm³/mol. The third-order valence-corrected chi connectivity index (χ3v) is 7.33. The zero-order chi connectivity index (χ0) is 28.2. The van der Waals surface area contributed by atoms with E-state index in [2.05, 4.69) is 0 Å². The van der Waals surface area contributed by atoms with Crippen LogP contribution in [-0.4, -0.2) is 29.9 Å². The Bertz CT molecular complexity index is 2050. The van der Waals surface area contributed by atoms with Crippen molar-refractivity contribution in [3.63, 3.8) is 0 Å².